The summed E-state index contributed by atoms with van der Waals surface area (Å²) in [5.74, 6) is 2.11. The molecule has 0 atom stereocenters. The number of aryl methyl sites for hydroxylation is 1. The number of likely N-dealkylation sites (tertiary alicyclic amines) is 2. The number of nitrogen functional groups attached to an aromatic ring is 1. The monoisotopic (exact) mass is 970 g/mol. The number of carbonyl (C=O) groups is 4. The molecule has 4 aliphatic heterocycles. The number of benzene rings is 1. The number of carbonyl (C=O) groups excluding carboxylic acids is 4. The van der Waals surface area contributed by atoms with Gasteiger partial charge < -0.3 is 25.0 Å². The Balaban J connectivity index is 0.629. The predicted octanol–water partition coefficient (Wildman–Crippen LogP) is 5.00. The number of fused-ring (bicyclic) bond motifs is 2. The lowest BCUT2D eigenvalue weighted by Crippen LogP contribution is -2.49. The van der Waals surface area contributed by atoms with Crippen molar-refractivity contribution < 1.29 is 28.1 Å². The van der Waals surface area contributed by atoms with Crippen LogP contribution in [0.4, 0.5) is 26.5 Å². The Morgan fingerprint density at radius 3 is 2.18 bits per heavy atom. The number of piperidine rings is 2. The second kappa shape index (κ2) is 18.9. The average molecular weight is 971 g/mol. The number of aromatic nitrogens is 9. The molecule has 0 unspecified atom stereocenters. The summed E-state index contributed by atoms with van der Waals surface area (Å²) < 4.78 is 25.3. The predicted molar refractivity (Wildman–Crippen MR) is 261 cm³/mol. The number of rotatable bonds is 12. The lowest BCUT2D eigenvalue weighted by Gasteiger charge is -2.39. The molecule has 71 heavy (non-hydrogen) atoms. The molecule has 0 bridgehead atoms. The summed E-state index contributed by atoms with van der Waals surface area (Å²) in [6.07, 6.45) is 11.1. The molecule has 6 aromatic rings. The summed E-state index contributed by atoms with van der Waals surface area (Å²) >= 11 is 0. The van der Waals surface area contributed by atoms with Crippen molar-refractivity contribution in [3.63, 3.8) is 0 Å². The van der Waals surface area contributed by atoms with Gasteiger partial charge >= 0.3 is 6.03 Å². The minimum absolute atomic E-state index is 0.0126. The number of halogens is 1. The van der Waals surface area contributed by atoms with E-state index in [1.807, 2.05) is 40.7 Å². The topological polar surface area (TPSA) is 236 Å². The number of nitrogens with two attached hydrogens (primary N) is 1. The lowest BCUT2D eigenvalue weighted by molar-refractivity contribution is -0.138. The smallest absolute Gasteiger partial charge is 0.329 e. The first kappa shape index (κ1) is 46.3. The lowest BCUT2D eigenvalue weighted by atomic mass is 9.91. The molecule has 4 saturated heterocycles. The van der Waals surface area contributed by atoms with E-state index < -0.39 is 6.03 Å². The molecule has 1 saturated carbocycles. The Hall–Kier alpha value is -7.10. The first-order valence-corrected chi connectivity index (χ1v) is 25.0. The highest BCUT2D eigenvalue weighted by molar-refractivity contribution is 6.09. The quantitative estimate of drug-likeness (QED) is 0.164. The van der Waals surface area contributed by atoms with E-state index in [0.717, 1.165) is 69.5 Å². The van der Waals surface area contributed by atoms with Crippen molar-refractivity contribution in [2.24, 2.45) is 13.0 Å². The zero-order chi connectivity index (χ0) is 49.1. The fourth-order valence-corrected chi connectivity index (χ4v) is 10.9. The molecule has 9 heterocycles. The molecule has 1 aromatic carbocycles. The standard InChI is InChI=1S/C49H59FN16O5/c1-28(2)66-48-39(45(51)54-27-55-48)41(57-66)42-38(44(71-59-42)31-4-5-31)46-52-24-32(25-53-46)30-12-17-64(18-13-30)37(69)9-8-36(68)63-15-10-29(11-16-63)26-61-20-22-62(23-21-61)34-7-6-33-43(40(34)50)60(3)58-47(33)65-19-14-35(67)56-49(65)70/h6-7,24-25,27-31H,4-5,8-23,26H2,1-3H3,(H2,51,54,55)(H,56,67,70). The van der Waals surface area contributed by atoms with Crippen molar-refractivity contribution in [2.45, 2.75) is 89.5 Å². The summed E-state index contributed by atoms with van der Waals surface area (Å²) in [6.45, 7) is 10.7. The van der Waals surface area contributed by atoms with Gasteiger partial charge in [-0.3, -0.25) is 34.2 Å². The number of anilines is 3. The van der Waals surface area contributed by atoms with Crippen LogP contribution in [0.15, 0.2) is 35.4 Å². The van der Waals surface area contributed by atoms with Gasteiger partial charge in [-0.05, 0) is 81.9 Å². The fraction of sp³-hybridized carbons (Fsp3) is 0.531. The van der Waals surface area contributed by atoms with Gasteiger partial charge in [-0.1, -0.05) is 5.16 Å². The van der Waals surface area contributed by atoms with E-state index in [0.29, 0.717) is 107 Å². The molecule has 3 N–H and O–H groups in total. The number of hydrogen-bond donors (Lipinski definition) is 2. The normalized spacial score (nSPS) is 18.9. The fourth-order valence-electron chi connectivity index (χ4n) is 10.9. The van der Waals surface area contributed by atoms with E-state index in [4.69, 9.17) is 25.3 Å². The van der Waals surface area contributed by atoms with Gasteiger partial charge in [0.2, 0.25) is 17.7 Å². The highest BCUT2D eigenvalue weighted by Gasteiger charge is 2.37. The molecule has 5 amide bonds. The van der Waals surface area contributed by atoms with E-state index >= 15 is 4.39 Å². The van der Waals surface area contributed by atoms with Crippen molar-refractivity contribution in [2.75, 3.05) is 81.0 Å². The zero-order valence-corrected chi connectivity index (χ0v) is 40.4. The van der Waals surface area contributed by atoms with Crippen LogP contribution < -0.4 is 20.9 Å². The molecule has 5 aromatic heterocycles. The molecular weight excluding hydrogens is 912 g/mol. The van der Waals surface area contributed by atoms with Crippen LogP contribution in [0.1, 0.15) is 101 Å². The van der Waals surface area contributed by atoms with E-state index in [1.54, 1.807) is 19.2 Å². The van der Waals surface area contributed by atoms with Crippen LogP contribution in [0.2, 0.25) is 0 Å². The van der Waals surface area contributed by atoms with Gasteiger partial charge in [0.05, 0.1) is 16.6 Å². The summed E-state index contributed by atoms with van der Waals surface area (Å²) in [6, 6.07) is 3.03. The molecule has 1 aliphatic carbocycles. The van der Waals surface area contributed by atoms with E-state index in [9.17, 15) is 19.2 Å². The molecule has 21 nitrogen and oxygen atoms in total. The summed E-state index contributed by atoms with van der Waals surface area (Å²) in [5, 5.41) is 17.3. The van der Waals surface area contributed by atoms with Crippen LogP contribution in [0.25, 0.3) is 44.7 Å². The summed E-state index contributed by atoms with van der Waals surface area (Å²) in [7, 11) is 1.66. The van der Waals surface area contributed by atoms with Gasteiger partial charge in [0.1, 0.15) is 29.0 Å². The van der Waals surface area contributed by atoms with Crippen LogP contribution in [0.3, 0.4) is 0 Å². The van der Waals surface area contributed by atoms with Crippen molar-refractivity contribution >= 4 is 63.0 Å². The van der Waals surface area contributed by atoms with Crippen molar-refractivity contribution in [3.8, 4) is 22.8 Å². The summed E-state index contributed by atoms with van der Waals surface area (Å²) in [5.41, 5.74) is 10.6. The number of nitrogens with zero attached hydrogens (tertiary/aromatic N) is 14. The highest BCUT2D eigenvalue weighted by atomic mass is 19.1. The number of amides is 5. The van der Waals surface area contributed by atoms with Crippen LogP contribution >= 0.6 is 0 Å². The molecule has 5 fully saturated rings. The van der Waals surface area contributed by atoms with E-state index in [-0.39, 0.29) is 67.2 Å². The van der Waals surface area contributed by atoms with Crippen LogP contribution in [-0.4, -0.2) is 149 Å². The number of nitrogens with one attached hydrogen (secondary N) is 1. The number of urea groups is 1. The maximum absolute atomic E-state index is 16.1. The maximum atomic E-state index is 16.1. The number of piperazine rings is 1. The number of imide groups is 1. The molecular formula is C49H59FN16O5. The Morgan fingerprint density at radius 1 is 0.831 bits per heavy atom. The maximum Gasteiger partial charge on any atom is 0.329 e. The molecule has 0 radical (unpaired) electrons. The van der Waals surface area contributed by atoms with Crippen molar-refractivity contribution in [1.29, 1.82) is 0 Å². The third-order valence-electron chi connectivity index (χ3n) is 15.1. The molecule has 22 heteroatoms. The Morgan fingerprint density at radius 2 is 1.52 bits per heavy atom. The first-order valence-electron chi connectivity index (χ1n) is 25.0. The molecule has 372 valence electrons. The van der Waals surface area contributed by atoms with E-state index in [2.05, 4.69) is 35.3 Å². The van der Waals surface area contributed by atoms with Gasteiger partial charge in [0, 0.05) is 121 Å². The van der Waals surface area contributed by atoms with E-state index in [1.165, 1.54) is 15.9 Å². The first-order chi connectivity index (χ1) is 34.4. The third kappa shape index (κ3) is 8.90. The Kier molecular flexibility index (Phi) is 12.3. The van der Waals surface area contributed by atoms with Gasteiger partial charge in [0.25, 0.3) is 0 Å². The van der Waals surface area contributed by atoms with Gasteiger partial charge in [-0.15, -0.1) is 0 Å². The minimum atomic E-state index is -0.556. The van der Waals surface area contributed by atoms with Crippen LogP contribution in [0.5, 0.6) is 0 Å². The summed E-state index contributed by atoms with van der Waals surface area (Å²) in [4.78, 5) is 79.0. The minimum Gasteiger partial charge on any atom is -0.383 e. The largest absolute Gasteiger partial charge is 0.383 e. The van der Waals surface area contributed by atoms with Crippen molar-refractivity contribution in [3.05, 3.63) is 48.0 Å². The van der Waals surface area contributed by atoms with Crippen LogP contribution in [0, 0.1) is 11.7 Å². The van der Waals surface area contributed by atoms with Crippen molar-refractivity contribution in [1.82, 2.24) is 64.7 Å². The molecule has 5 aliphatic rings. The Labute approximate surface area is 408 Å². The third-order valence-corrected chi connectivity index (χ3v) is 15.1. The molecule has 0 spiro atoms. The van der Waals surface area contributed by atoms with Crippen LogP contribution in [-0.2, 0) is 21.4 Å². The number of hydrogen-bond acceptors (Lipinski definition) is 15. The molecule has 11 rings (SSSR count). The SMILES string of the molecule is CC(C)n1nc(-c2noc(C3CC3)c2-c2ncc(C3CCN(C(=O)CCC(=O)N4CCC(CN5CCN(c6ccc7c(N8CCC(=O)NC8=O)nn(C)c7c6F)CC5)CC4)CC3)cn2)c2c(N)ncnc21. The second-order valence-corrected chi connectivity index (χ2v) is 20.0. The average Bonchev–Trinajstić information content (AvgIpc) is 3.85. The van der Waals surface area contributed by atoms with Gasteiger partial charge in [-0.25, -0.2) is 33.8 Å². The zero-order valence-electron chi connectivity index (χ0n) is 40.4. The highest BCUT2D eigenvalue weighted by Crippen LogP contribution is 2.48. The second-order valence-electron chi connectivity index (χ2n) is 20.0. The van der Waals surface area contributed by atoms with Gasteiger partial charge in [0.15, 0.2) is 28.9 Å². The Bertz CT molecular complexity index is 3010. The van der Waals surface area contributed by atoms with Gasteiger partial charge in [-0.2, -0.15) is 10.2 Å².